The van der Waals surface area contributed by atoms with Gasteiger partial charge in [-0.15, -0.1) is 6.58 Å². The molecule has 3 atom stereocenters. The van der Waals surface area contributed by atoms with Crippen molar-refractivity contribution in [1.82, 2.24) is 10.2 Å². The molecule has 1 aliphatic heterocycles. The van der Waals surface area contributed by atoms with Gasteiger partial charge in [-0.25, -0.2) is 0 Å². The van der Waals surface area contributed by atoms with Gasteiger partial charge in [-0.2, -0.15) is 13.2 Å². The molecule has 6 nitrogen and oxygen atoms in total. The summed E-state index contributed by atoms with van der Waals surface area (Å²) in [6.07, 6.45) is 4.39. The fraction of sp³-hybridized carbons (Fsp3) is 0.485. The predicted molar refractivity (Wildman–Crippen MR) is 156 cm³/mol. The van der Waals surface area contributed by atoms with Gasteiger partial charge in [-0.3, -0.25) is 14.4 Å². The van der Waals surface area contributed by atoms with E-state index < -0.39 is 35.5 Å². The fourth-order valence-corrected chi connectivity index (χ4v) is 6.31. The first-order chi connectivity index (χ1) is 20.1. The van der Waals surface area contributed by atoms with Crippen LogP contribution in [0.15, 0.2) is 61.2 Å². The van der Waals surface area contributed by atoms with Crippen LogP contribution in [0.3, 0.4) is 0 Å². The van der Waals surface area contributed by atoms with Crippen LogP contribution in [0.2, 0.25) is 0 Å². The highest BCUT2D eigenvalue weighted by molar-refractivity contribution is 5.91. The molecule has 0 radical (unpaired) electrons. The van der Waals surface area contributed by atoms with Crippen LogP contribution < -0.4 is 11.1 Å². The van der Waals surface area contributed by atoms with E-state index in [2.05, 4.69) is 11.9 Å². The lowest BCUT2D eigenvalue weighted by atomic mass is 9.80. The van der Waals surface area contributed by atoms with Gasteiger partial charge in [0.1, 0.15) is 6.04 Å². The summed E-state index contributed by atoms with van der Waals surface area (Å²) in [4.78, 5) is 41.4. The lowest BCUT2D eigenvalue weighted by Gasteiger charge is -2.29. The third-order valence-electron chi connectivity index (χ3n) is 8.61. The Labute approximate surface area is 245 Å². The fourth-order valence-electron chi connectivity index (χ4n) is 6.31. The molecule has 1 aliphatic carbocycles. The maximum absolute atomic E-state index is 13.7. The van der Waals surface area contributed by atoms with Crippen LogP contribution in [0, 0.1) is 17.8 Å². The Morgan fingerprint density at radius 2 is 1.69 bits per heavy atom. The summed E-state index contributed by atoms with van der Waals surface area (Å²) in [6, 6.07) is 11.7. The first-order valence-electron chi connectivity index (χ1n) is 14.8. The number of nitrogens with one attached hydrogen (secondary N) is 1. The van der Waals surface area contributed by atoms with Gasteiger partial charge in [-0.1, -0.05) is 62.1 Å². The first-order valence-corrected chi connectivity index (χ1v) is 14.8. The molecule has 0 spiro atoms. The number of carbonyl (C=O) groups is 3. The Hall–Kier alpha value is -3.62. The number of nitrogens with zero attached hydrogens (tertiary/aromatic N) is 1. The lowest BCUT2D eigenvalue weighted by molar-refractivity contribution is -0.139. The number of hydrogen-bond donors (Lipinski definition) is 2. The average molecular weight is 584 g/mol. The van der Waals surface area contributed by atoms with E-state index in [1.54, 1.807) is 11.0 Å². The van der Waals surface area contributed by atoms with E-state index in [0.717, 1.165) is 61.8 Å². The van der Waals surface area contributed by atoms with Gasteiger partial charge in [-0.05, 0) is 72.9 Å². The lowest BCUT2D eigenvalue weighted by Crippen LogP contribution is -2.50. The second-order valence-electron chi connectivity index (χ2n) is 11.6. The summed E-state index contributed by atoms with van der Waals surface area (Å²) in [5, 5.41) is 2.98. The Kier molecular flexibility index (Phi) is 10.5. The smallest absolute Gasteiger partial charge is 0.369 e. The van der Waals surface area contributed by atoms with Crippen LogP contribution in [0.4, 0.5) is 13.2 Å². The van der Waals surface area contributed by atoms with Crippen molar-refractivity contribution in [3.8, 4) is 11.1 Å². The van der Waals surface area contributed by atoms with Crippen molar-refractivity contribution in [2.75, 3.05) is 6.54 Å². The molecule has 2 fully saturated rings. The van der Waals surface area contributed by atoms with Crippen LogP contribution >= 0.6 is 0 Å². The number of carbonyl (C=O) groups excluding carboxylic acids is 3. The van der Waals surface area contributed by atoms with Gasteiger partial charge in [0.05, 0.1) is 17.4 Å². The zero-order valence-electron chi connectivity index (χ0n) is 23.9. The number of rotatable bonds is 11. The van der Waals surface area contributed by atoms with Crippen LogP contribution in [-0.2, 0) is 27.1 Å². The number of benzene rings is 2. The SMILES string of the molecule is C=CC[C@H](C(N)=O)[C@@H](CC1CCCC1)C(=O)N[C@H]1CCCCN(Cc2cccc(-c3ccc(C(F)(F)F)cc3)c2)C1=O. The van der Waals surface area contributed by atoms with Crippen molar-refractivity contribution >= 4 is 17.7 Å². The van der Waals surface area contributed by atoms with Crippen molar-refractivity contribution in [3.63, 3.8) is 0 Å². The number of likely N-dealkylation sites (tertiary alicyclic amines) is 1. The van der Waals surface area contributed by atoms with Crippen molar-refractivity contribution in [2.45, 2.75) is 76.6 Å². The maximum Gasteiger partial charge on any atom is 0.416 e. The quantitative estimate of drug-likeness (QED) is 0.307. The summed E-state index contributed by atoms with van der Waals surface area (Å²) in [5.41, 5.74) is 7.25. The minimum Gasteiger partial charge on any atom is -0.369 e. The van der Waals surface area contributed by atoms with Crippen LogP contribution in [-0.4, -0.2) is 35.2 Å². The zero-order chi connectivity index (χ0) is 30.3. The molecule has 0 aromatic heterocycles. The van der Waals surface area contributed by atoms with Crippen molar-refractivity contribution < 1.29 is 27.6 Å². The number of halogens is 3. The van der Waals surface area contributed by atoms with Gasteiger partial charge in [0.25, 0.3) is 0 Å². The number of nitrogens with two attached hydrogens (primary N) is 1. The molecule has 3 N–H and O–H groups in total. The normalized spacial score (nSPS) is 19.6. The molecule has 1 heterocycles. The molecule has 1 saturated carbocycles. The molecule has 2 aliphatic rings. The minimum atomic E-state index is -4.40. The van der Waals surface area contributed by atoms with Gasteiger partial charge < -0.3 is 16.0 Å². The molecule has 2 aromatic rings. The van der Waals surface area contributed by atoms with Crippen molar-refractivity contribution in [2.24, 2.45) is 23.5 Å². The maximum atomic E-state index is 13.7. The Morgan fingerprint density at radius 3 is 2.33 bits per heavy atom. The Balaban J connectivity index is 1.47. The van der Waals surface area contributed by atoms with E-state index in [0.29, 0.717) is 43.8 Å². The molecular formula is C33H40F3N3O3. The highest BCUT2D eigenvalue weighted by atomic mass is 19.4. The highest BCUT2D eigenvalue weighted by Gasteiger charge is 2.37. The average Bonchev–Trinajstić information content (AvgIpc) is 3.42. The summed E-state index contributed by atoms with van der Waals surface area (Å²) < 4.78 is 39.0. The van der Waals surface area contributed by atoms with E-state index in [4.69, 9.17) is 5.73 Å². The summed E-state index contributed by atoms with van der Waals surface area (Å²) in [7, 11) is 0. The molecule has 0 unspecified atom stereocenters. The number of alkyl halides is 3. The molecule has 226 valence electrons. The predicted octanol–water partition coefficient (Wildman–Crippen LogP) is 6.24. The molecule has 2 aromatic carbocycles. The van der Waals surface area contributed by atoms with Gasteiger partial charge in [0, 0.05) is 13.1 Å². The van der Waals surface area contributed by atoms with Crippen LogP contribution in [0.1, 0.15) is 68.9 Å². The van der Waals surface area contributed by atoms with Gasteiger partial charge in [0.15, 0.2) is 0 Å². The Bertz CT molecular complexity index is 1260. The number of primary amides is 1. The minimum absolute atomic E-state index is 0.181. The van der Waals surface area contributed by atoms with Crippen molar-refractivity contribution in [3.05, 3.63) is 72.3 Å². The third kappa shape index (κ3) is 8.01. The Morgan fingerprint density at radius 1 is 1.00 bits per heavy atom. The highest BCUT2D eigenvalue weighted by Crippen LogP contribution is 2.35. The van der Waals surface area contributed by atoms with Crippen LogP contribution in [0.25, 0.3) is 11.1 Å². The molecule has 1 saturated heterocycles. The second kappa shape index (κ2) is 14.0. The van der Waals surface area contributed by atoms with Gasteiger partial charge in [0.2, 0.25) is 17.7 Å². The van der Waals surface area contributed by atoms with Crippen LogP contribution in [0.5, 0.6) is 0 Å². The molecule has 42 heavy (non-hydrogen) atoms. The summed E-state index contributed by atoms with van der Waals surface area (Å²) in [5.74, 6) is -1.96. The van der Waals surface area contributed by atoms with Gasteiger partial charge >= 0.3 is 6.18 Å². The second-order valence-corrected chi connectivity index (χ2v) is 11.6. The van der Waals surface area contributed by atoms with E-state index in [1.165, 1.54) is 12.1 Å². The number of hydrogen-bond acceptors (Lipinski definition) is 3. The monoisotopic (exact) mass is 583 g/mol. The molecule has 9 heteroatoms. The number of allylic oxidation sites excluding steroid dienone is 1. The van der Waals surface area contributed by atoms with E-state index in [1.807, 2.05) is 24.3 Å². The number of amides is 3. The van der Waals surface area contributed by atoms with E-state index >= 15 is 0 Å². The zero-order valence-corrected chi connectivity index (χ0v) is 23.9. The summed E-state index contributed by atoms with van der Waals surface area (Å²) >= 11 is 0. The molecular weight excluding hydrogens is 543 g/mol. The molecule has 4 rings (SSSR count). The summed E-state index contributed by atoms with van der Waals surface area (Å²) in [6.45, 7) is 4.58. The topological polar surface area (TPSA) is 92.5 Å². The first kappa shape index (κ1) is 31.3. The van der Waals surface area contributed by atoms with E-state index in [9.17, 15) is 27.6 Å². The molecule has 0 bridgehead atoms. The standard InChI is InChI=1S/C33H40F3N3O3/c1-2-8-27(30(37)40)28(20-22-9-3-4-10-22)31(41)38-29-13-5-6-18-39(32(29)42)21-23-11-7-12-25(19-23)24-14-16-26(17-15-24)33(34,35)36/h2,7,11-12,14-17,19,22,27-29H,1,3-6,8-10,13,18,20-21H2,(H2,37,40)(H,38,41)/t27-,28+,29-/m0/s1. The van der Waals surface area contributed by atoms with Crippen molar-refractivity contribution in [1.29, 1.82) is 0 Å². The van der Waals surface area contributed by atoms with E-state index in [-0.39, 0.29) is 11.8 Å². The molecule has 3 amide bonds. The largest absolute Gasteiger partial charge is 0.416 e. The third-order valence-corrected chi connectivity index (χ3v) is 8.61.